The van der Waals surface area contributed by atoms with Gasteiger partial charge in [-0.1, -0.05) is 13.8 Å². The van der Waals surface area contributed by atoms with Gasteiger partial charge < -0.3 is 19.9 Å². The van der Waals surface area contributed by atoms with E-state index in [2.05, 4.69) is 47.1 Å². The van der Waals surface area contributed by atoms with Crippen LogP contribution in [0.5, 0.6) is 11.5 Å². The van der Waals surface area contributed by atoms with Gasteiger partial charge in [0.25, 0.3) is 5.91 Å². The van der Waals surface area contributed by atoms with Crippen molar-refractivity contribution in [3.8, 4) is 11.5 Å². The molecule has 0 radical (unpaired) electrons. The molecule has 0 aliphatic heterocycles. The summed E-state index contributed by atoms with van der Waals surface area (Å²) >= 11 is 6.76. The highest BCUT2D eigenvalue weighted by Gasteiger charge is 2.23. The molecule has 2 atom stereocenters. The minimum atomic E-state index is -0.954. The standard InChI is InChI=1S/C17H21BrN2O2.C13H12BrNO3/c1-5-15(16(21)20-17(2,3)4)22-13-6-7-14-11(9-13)8-12(18)10-19-14;1-2-12(13(16)17)18-10-3-4-11-8(6-10)5-9(14)7-15-11/h6-10,15H,5H2,1-4H3,(H,20,21);3-7,12H,2H2,1H3,(H,16,17). The molecule has 0 saturated heterocycles. The Labute approximate surface area is 250 Å². The fourth-order valence-electron chi connectivity index (χ4n) is 3.72. The van der Waals surface area contributed by atoms with Crippen molar-refractivity contribution in [1.82, 2.24) is 15.3 Å². The number of fused-ring (bicyclic) bond motifs is 2. The summed E-state index contributed by atoms with van der Waals surface area (Å²) < 4.78 is 13.1. The Morgan fingerprint density at radius 3 is 1.68 bits per heavy atom. The van der Waals surface area contributed by atoms with Crippen LogP contribution >= 0.6 is 31.9 Å². The molecule has 0 spiro atoms. The third-order valence-electron chi connectivity index (χ3n) is 5.60. The highest BCUT2D eigenvalue weighted by molar-refractivity contribution is 9.10. The average Bonchev–Trinajstić information content (AvgIpc) is 2.89. The summed E-state index contributed by atoms with van der Waals surface area (Å²) in [7, 11) is 0. The fourth-order valence-corrected chi connectivity index (χ4v) is 4.42. The Morgan fingerprint density at radius 1 is 0.825 bits per heavy atom. The Bertz CT molecular complexity index is 1490. The first-order chi connectivity index (χ1) is 18.9. The lowest BCUT2D eigenvalue weighted by Crippen LogP contribution is -2.47. The third kappa shape index (κ3) is 9.16. The summed E-state index contributed by atoms with van der Waals surface area (Å²) in [5.41, 5.74) is 1.46. The predicted molar refractivity (Wildman–Crippen MR) is 164 cm³/mol. The number of aliphatic carboxylic acids is 1. The zero-order valence-corrected chi connectivity index (χ0v) is 26.2. The molecule has 2 unspecified atom stereocenters. The number of halogens is 2. The largest absolute Gasteiger partial charge is 0.481 e. The van der Waals surface area contributed by atoms with E-state index in [1.807, 2.05) is 64.1 Å². The van der Waals surface area contributed by atoms with E-state index < -0.39 is 18.2 Å². The van der Waals surface area contributed by atoms with Crippen molar-refractivity contribution < 1.29 is 24.2 Å². The Hall–Kier alpha value is -3.24. The van der Waals surface area contributed by atoms with E-state index in [0.717, 1.165) is 30.8 Å². The number of nitrogens with zero attached hydrogens (tertiary/aromatic N) is 2. The second-order valence-corrected chi connectivity index (χ2v) is 12.0. The van der Waals surface area contributed by atoms with Crippen molar-refractivity contribution in [2.75, 3.05) is 0 Å². The van der Waals surface area contributed by atoms with E-state index in [1.54, 1.807) is 31.5 Å². The minimum Gasteiger partial charge on any atom is -0.481 e. The van der Waals surface area contributed by atoms with Gasteiger partial charge in [-0.2, -0.15) is 0 Å². The molecule has 1 amide bonds. The van der Waals surface area contributed by atoms with Crippen LogP contribution < -0.4 is 14.8 Å². The summed E-state index contributed by atoms with van der Waals surface area (Å²) in [6, 6.07) is 14.9. The quantitative estimate of drug-likeness (QED) is 0.202. The molecule has 2 heterocycles. The number of pyridine rings is 2. The molecule has 40 heavy (non-hydrogen) atoms. The normalized spacial score (nSPS) is 12.7. The van der Waals surface area contributed by atoms with E-state index in [1.165, 1.54) is 0 Å². The van der Waals surface area contributed by atoms with Crippen LogP contribution in [0.4, 0.5) is 0 Å². The van der Waals surface area contributed by atoms with Gasteiger partial charge in [0, 0.05) is 37.7 Å². The van der Waals surface area contributed by atoms with Crippen molar-refractivity contribution >= 4 is 65.5 Å². The Kier molecular flexibility index (Phi) is 10.9. The van der Waals surface area contributed by atoms with Gasteiger partial charge in [-0.3, -0.25) is 14.8 Å². The van der Waals surface area contributed by atoms with Crippen LogP contribution in [0.15, 0.2) is 69.9 Å². The van der Waals surface area contributed by atoms with Crippen LogP contribution in [-0.2, 0) is 9.59 Å². The lowest BCUT2D eigenvalue weighted by molar-refractivity contribution is -0.145. The molecule has 10 heteroatoms. The Morgan fingerprint density at radius 2 is 1.27 bits per heavy atom. The van der Waals surface area contributed by atoms with Crippen molar-refractivity contribution in [3.05, 3.63) is 69.9 Å². The molecule has 2 aromatic heterocycles. The topological polar surface area (TPSA) is 111 Å². The van der Waals surface area contributed by atoms with Gasteiger partial charge in [0.1, 0.15) is 11.5 Å². The number of carboxylic acids is 1. The maximum absolute atomic E-state index is 12.3. The summed E-state index contributed by atoms with van der Waals surface area (Å²) in [4.78, 5) is 31.7. The van der Waals surface area contributed by atoms with E-state index in [4.69, 9.17) is 14.6 Å². The number of ether oxygens (including phenoxy) is 2. The monoisotopic (exact) mass is 673 g/mol. The first kappa shape index (κ1) is 31.3. The predicted octanol–water partition coefficient (Wildman–Crippen LogP) is 7.31. The second-order valence-electron chi connectivity index (χ2n) is 10.1. The molecule has 4 aromatic rings. The number of carboxylic acid groups (broad SMARTS) is 1. The number of nitrogens with one attached hydrogen (secondary N) is 1. The van der Waals surface area contributed by atoms with Crippen molar-refractivity contribution in [3.63, 3.8) is 0 Å². The molecule has 0 bridgehead atoms. The van der Waals surface area contributed by atoms with Crippen molar-refractivity contribution in [1.29, 1.82) is 0 Å². The smallest absolute Gasteiger partial charge is 0.344 e. The highest BCUT2D eigenvalue weighted by atomic mass is 79.9. The first-order valence-corrected chi connectivity index (χ1v) is 14.5. The van der Waals surface area contributed by atoms with Crippen LogP contribution in [0, 0.1) is 0 Å². The van der Waals surface area contributed by atoms with Crippen LogP contribution in [0.2, 0.25) is 0 Å². The van der Waals surface area contributed by atoms with E-state index in [-0.39, 0.29) is 11.4 Å². The molecule has 4 rings (SSSR count). The van der Waals surface area contributed by atoms with Crippen molar-refractivity contribution in [2.45, 2.75) is 65.2 Å². The Balaban J connectivity index is 0.000000225. The SMILES string of the molecule is CCC(Oc1ccc2ncc(Br)cc2c1)C(=O)NC(C)(C)C.CCC(Oc1ccc2ncc(Br)cc2c1)C(=O)O. The molecule has 2 N–H and O–H groups in total. The summed E-state index contributed by atoms with van der Waals surface area (Å²) in [6.07, 6.45) is 3.18. The van der Waals surface area contributed by atoms with Crippen LogP contribution in [0.3, 0.4) is 0 Å². The molecule has 0 aliphatic rings. The summed E-state index contributed by atoms with van der Waals surface area (Å²) in [5, 5.41) is 13.8. The zero-order chi connectivity index (χ0) is 29.4. The van der Waals surface area contributed by atoms with E-state index >= 15 is 0 Å². The average molecular weight is 675 g/mol. The number of amides is 1. The van der Waals surface area contributed by atoms with Crippen LogP contribution in [-0.4, -0.2) is 44.7 Å². The van der Waals surface area contributed by atoms with Gasteiger partial charge in [0.2, 0.25) is 0 Å². The van der Waals surface area contributed by atoms with E-state index in [0.29, 0.717) is 24.3 Å². The van der Waals surface area contributed by atoms with Crippen molar-refractivity contribution in [2.24, 2.45) is 0 Å². The maximum Gasteiger partial charge on any atom is 0.344 e. The summed E-state index contributed by atoms with van der Waals surface area (Å²) in [6.45, 7) is 9.58. The molecule has 212 valence electrons. The number of carbonyl (C=O) groups excluding carboxylic acids is 1. The third-order valence-corrected chi connectivity index (χ3v) is 6.47. The molecule has 0 fully saturated rings. The second kappa shape index (κ2) is 13.9. The van der Waals surface area contributed by atoms with Gasteiger partial charge in [0.05, 0.1) is 11.0 Å². The molecular formula is C30H33Br2N3O5. The lowest BCUT2D eigenvalue weighted by Gasteiger charge is -2.25. The molecule has 2 aromatic carbocycles. The number of carbonyl (C=O) groups is 2. The number of aromatic nitrogens is 2. The highest BCUT2D eigenvalue weighted by Crippen LogP contribution is 2.25. The van der Waals surface area contributed by atoms with Gasteiger partial charge in [-0.05, 0) is 114 Å². The minimum absolute atomic E-state index is 0.0949. The molecule has 8 nitrogen and oxygen atoms in total. The van der Waals surface area contributed by atoms with Gasteiger partial charge in [-0.25, -0.2) is 4.79 Å². The zero-order valence-electron chi connectivity index (χ0n) is 23.1. The van der Waals surface area contributed by atoms with Gasteiger partial charge >= 0.3 is 5.97 Å². The molecule has 0 saturated carbocycles. The summed E-state index contributed by atoms with van der Waals surface area (Å²) in [5.74, 6) is 0.160. The molecule has 0 aliphatic carbocycles. The lowest BCUT2D eigenvalue weighted by atomic mass is 10.1. The number of rotatable bonds is 8. The van der Waals surface area contributed by atoms with Gasteiger partial charge in [-0.15, -0.1) is 0 Å². The number of benzene rings is 2. The van der Waals surface area contributed by atoms with Gasteiger partial charge in [0.15, 0.2) is 12.2 Å². The maximum atomic E-state index is 12.3. The molecular weight excluding hydrogens is 642 g/mol. The number of hydrogen-bond acceptors (Lipinski definition) is 6. The van der Waals surface area contributed by atoms with E-state index in [9.17, 15) is 9.59 Å². The fraction of sp³-hybridized carbons (Fsp3) is 0.333. The number of hydrogen-bond donors (Lipinski definition) is 2. The van der Waals surface area contributed by atoms with Crippen LogP contribution in [0.25, 0.3) is 21.8 Å². The first-order valence-electron chi connectivity index (χ1n) is 12.9. The van der Waals surface area contributed by atoms with Crippen LogP contribution in [0.1, 0.15) is 47.5 Å².